The maximum atomic E-state index is 9.77. The Morgan fingerprint density at radius 3 is 1.28 bits per heavy atom. The highest BCUT2D eigenvalue weighted by atomic mass is 79.9. The van der Waals surface area contributed by atoms with Crippen LogP contribution in [0.15, 0.2) is 0 Å². The first kappa shape index (κ1) is 36.0. The first-order chi connectivity index (χ1) is 11.9. The van der Waals surface area contributed by atoms with Crippen molar-refractivity contribution in [3.8, 4) is 0 Å². The van der Waals surface area contributed by atoms with Crippen LogP contribution in [0.5, 0.6) is 0 Å². The SMILES string of the molecule is CC(=O)CBr.CCCC.CCCOC.CCCOCC.COCCN. The molecule has 0 aromatic heterocycles. The number of halogens is 1. The number of hydrogen-bond acceptors (Lipinski definition) is 5. The Hall–Kier alpha value is -0.0100. The van der Waals surface area contributed by atoms with Crippen molar-refractivity contribution in [3.05, 3.63) is 0 Å². The van der Waals surface area contributed by atoms with Gasteiger partial charge in [0.25, 0.3) is 0 Å². The number of methoxy groups -OCH3 is 2. The lowest BCUT2D eigenvalue weighted by molar-refractivity contribution is -0.114. The molecule has 0 fully saturated rings. The third-order valence-electron chi connectivity index (χ3n) is 1.97. The zero-order chi connectivity index (χ0) is 20.8. The number of hydrogen-bond donors (Lipinski definition) is 1. The maximum absolute atomic E-state index is 9.77. The fourth-order valence-corrected chi connectivity index (χ4v) is 0.611. The summed E-state index contributed by atoms with van der Waals surface area (Å²) in [5.41, 5.74) is 5.01. The molecule has 5 nitrogen and oxygen atoms in total. The van der Waals surface area contributed by atoms with Crippen molar-refractivity contribution in [1.82, 2.24) is 0 Å². The Labute approximate surface area is 166 Å². The van der Waals surface area contributed by atoms with Crippen molar-refractivity contribution in [1.29, 1.82) is 0 Å². The Kier molecular flexibility index (Phi) is 71.4. The molecule has 0 bridgehead atoms. The number of rotatable bonds is 9. The summed E-state index contributed by atoms with van der Waals surface area (Å²) >= 11 is 2.96. The lowest BCUT2D eigenvalue weighted by atomic mass is 10.4. The molecule has 0 atom stereocenters. The van der Waals surface area contributed by atoms with E-state index in [4.69, 9.17) is 15.2 Å². The molecule has 0 rings (SSSR count). The van der Waals surface area contributed by atoms with Crippen molar-refractivity contribution in [3.63, 3.8) is 0 Å². The van der Waals surface area contributed by atoms with E-state index >= 15 is 0 Å². The molecule has 6 heteroatoms. The normalized spacial score (nSPS) is 8.24. The van der Waals surface area contributed by atoms with E-state index in [0.29, 0.717) is 18.5 Å². The zero-order valence-corrected chi connectivity index (χ0v) is 19.7. The van der Waals surface area contributed by atoms with Crippen LogP contribution in [0.25, 0.3) is 0 Å². The van der Waals surface area contributed by atoms with E-state index in [1.807, 2.05) is 6.92 Å². The van der Waals surface area contributed by atoms with Crippen LogP contribution < -0.4 is 5.73 Å². The van der Waals surface area contributed by atoms with Crippen molar-refractivity contribution in [2.24, 2.45) is 5.73 Å². The van der Waals surface area contributed by atoms with E-state index in [2.05, 4.69) is 48.4 Å². The van der Waals surface area contributed by atoms with Crippen molar-refractivity contribution < 1.29 is 19.0 Å². The Morgan fingerprint density at radius 1 is 0.840 bits per heavy atom. The van der Waals surface area contributed by atoms with E-state index in [1.54, 1.807) is 14.2 Å². The number of carbonyl (C=O) groups excluding carboxylic acids is 1. The van der Waals surface area contributed by atoms with Crippen molar-refractivity contribution in [2.45, 2.75) is 67.2 Å². The second-order valence-corrected chi connectivity index (χ2v) is 5.37. The Bertz CT molecular complexity index is 169. The maximum Gasteiger partial charge on any atom is 0.140 e. The van der Waals surface area contributed by atoms with E-state index in [9.17, 15) is 4.79 Å². The second-order valence-electron chi connectivity index (χ2n) is 4.81. The quantitative estimate of drug-likeness (QED) is 0.417. The number of unbranched alkanes of at least 4 members (excludes halogenated alkanes) is 1. The van der Waals surface area contributed by atoms with Gasteiger partial charge in [-0.25, -0.2) is 0 Å². The number of nitrogens with two attached hydrogens (primary N) is 1. The van der Waals surface area contributed by atoms with E-state index < -0.39 is 0 Å². The summed E-state index contributed by atoms with van der Waals surface area (Å²) in [6.07, 6.45) is 4.89. The second kappa shape index (κ2) is 49.6. The monoisotopic (exact) mass is 431 g/mol. The predicted octanol–water partition coefficient (Wildman–Crippen LogP) is 4.84. The number of Topliss-reactive ketones (excluding diaryl/α,β-unsaturated/α-hetero) is 1. The van der Waals surface area contributed by atoms with Crippen LogP contribution in [0.4, 0.5) is 0 Å². The van der Waals surface area contributed by atoms with Crippen LogP contribution in [-0.4, -0.2) is 58.3 Å². The minimum absolute atomic E-state index is 0.171. The van der Waals surface area contributed by atoms with Gasteiger partial charge in [0.05, 0.1) is 11.9 Å². The predicted molar refractivity (Wildman–Crippen MR) is 115 cm³/mol. The number of ether oxygens (including phenoxy) is 3. The summed E-state index contributed by atoms with van der Waals surface area (Å²) in [6, 6.07) is 0. The van der Waals surface area contributed by atoms with Crippen molar-refractivity contribution in [2.75, 3.05) is 52.5 Å². The van der Waals surface area contributed by atoms with Crippen LogP contribution in [0.3, 0.4) is 0 Å². The Balaban J connectivity index is -0.0000000671. The van der Waals surface area contributed by atoms with Gasteiger partial charge in [0.15, 0.2) is 0 Å². The van der Waals surface area contributed by atoms with Gasteiger partial charge >= 0.3 is 0 Å². The topological polar surface area (TPSA) is 70.8 Å². The molecule has 158 valence electrons. The summed E-state index contributed by atoms with van der Waals surface area (Å²) in [5, 5.41) is 0.479. The van der Waals surface area contributed by atoms with Gasteiger partial charge in [0.1, 0.15) is 5.78 Å². The van der Waals surface area contributed by atoms with Crippen LogP contribution in [-0.2, 0) is 19.0 Å². The molecule has 0 aliphatic heterocycles. The Morgan fingerprint density at radius 2 is 1.24 bits per heavy atom. The fourth-order valence-electron chi connectivity index (χ4n) is 0.611. The lowest BCUT2D eigenvalue weighted by Gasteiger charge is -1.91. The summed E-state index contributed by atoms with van der Waals surface area (Å²) in [7, 11) is 3.34. The van der Waals surface area contributed by atoms with E-state index in [0.717, 1.165) is 32.7 Å². The molecular formula is C19H46BrNO4. The van der Waals surface area contributed by atoms with Gasteiger partial charge in [-0.15, -0.1) is 0 Å². The summed E-state index contributed by atoms with van der Waals surface area (Å²) in [4.78, 5) is 9.77. The summed E-state index contributed by atoms with van der Waals surface area (Å²) in [5.74, 6) is 0.171. The molecule has 0 aliphatic carbocycles. The first-order valence-electron chi connectivity index (χ1n) is 9.24. The summed E-state index contributed by atoms with van der Waals surface area (Å²) < 4.78 is 14.2. The highest BCUT2D eigenvalue weighted by molar-refractivity contribution is 9.09. The molecule has 0 aromatic rings. The molecule has 2 N–H and O–H groups in total. The largest absolute Gasteiger partial charge is 0.385 e. The molecule has 0 saturated heterocycles. The lowest BCUT2D eigenvalue weighted by Crippen LogP contribution is -2.05. The van der Waals surface area contributed by atoms with Crippen LogP contribution in [0.1, 0.15) is 67.2 Å². The molecule has 0 aliphatic rings. The standard InChI is InChI=1S/C5H12O.C4H10O.C4H10.C3H5BrO.C3H9NO/c1-3-5-6-4-2;1-3-4-5-2;1-3-4-2;1-3(5)2-4;1-5-3-2-4/h3-5H2,1-2H3;3-4H2,1-2H3;3-4H2,1-2H3;2H2,1H3;2-4H2,1H3. The minimum Gasteiger partial charge on any atom is -0.385 e. The third-order valence-corrected chi connectivity index (χ3v) is 2.76. The van der Waals surface area contributed by atoms with Gasteiger partial charge in [0, 0.05) is 40.6 Å². The molecule has 0 amide bonds. The highest BCUT2D eigenvalue weighted by Crippen LogP contribution is 1.77. The van der Waals surface area contributed by atoms with Gasteiger partial charge in [-0.3, -0.25) is 4.79 Å². The van der Waals surface area contributed by atoms with Crippen LogP contribution >= 0.6 is 15.9 Å². The van der Waals surface area contributed by atoms with E-state index in [1.165, 1.54) is 19.8 Å². The molecule has 0 unspecified atom stereocenters. The molecule has 0 aromatic carbocycles. The van der Waals surface area contributed by atoms with E-state index in [-0.39, 0.29) is 5.78 Å². The number of alkyl halides is 1. The smallest absolute Gasteiger partial charge is 0.140 e. The van der Waals surface area contributed by atoms with Crippen molar-refractivity contribution >= 4 is 21.7 Å². The minimum atomic E-state index is 0.171. The summed E-state index contributed by atoms with van der Waals surface area (Å²) in [6.45, 7) is 16.0. The number of carbonyl (C=O) groups is 1. The van der Waals surface area contributed by atoms with Crippen LogP contribution in [0.2, 0.25) is 0 Å². The molecule has 0 radical (unpaired) electrons. The molecular weight excluding hydrogens is 386 g/mol. The number of ketones is 1. The average molecular weight is 432 g/mol. The van der Waals surface area contributed by atoms with Gasteiger partial charge in [-0.05, 0) is 26.7 Å². The zero-order valence-electron chi connectivity index (χ0n) is 18.2. The fraction of sp³-hybridized carbons (Fsp3) is 0.947. The van der Waals surface area contributed by atoms with Gasteiger partial charge in [-0.1, -0.05) is 56.5 Å². The third kappa shape index (κ3) is 116. The highest BCUT2D eigenvalue weighted by Gasteiger charge is 1.79. The molecule has 0 heterocycles. The molecule has 25 heavy (non-hydrogen) atoms. The van der Waals surface area contributed by atoms with Gasteiger partial charge in [-0.2, -0.15) is 0 Å². The molecule has 0 spiro atoms. The molecule has 0 saturated carbocycles. The average Bonchev–Trinajstić information content (AvgIpc) is 2.63. The van der Waals surface area contributed by atoms with Crippen LogP contribution in [0, 0.1) is 0 Å². The van der Waals surface area contributed by atoms with Gasteiger partial charge < -0.3 is 19.9 Å². The first-order valence-corrected chi connectivity index (χ1v) is 10.4. The van der Waals surface area contributed by atoms with Gasteiger partial charge in [0.2, 0.25) is 0 Å².